The van der Waals surface area contributed by atoms with Crippen LogP contribution in [0.5, 0.6) is 0 Å². The van der Waals surface area contributed by atoms with Crippen LogP contribution < -0.4 is 0 Å². The number of ether oxygens (including phenoxy) is 1. The Morgan fingerprint density at radius 2 is 2.23 bits per heavy atom. The smallest absolute Gasteiger partial charge is 0.0596 e. The summed E-state index contributed by atoms with van der Waals surface area (Å²) in [7, 11) is 0. The highest BCUT2D eigenvalue weighted by atomic mass is 16.5. The summed E-state index contributed by atoms with van der Waals surface area (Å²) in [4.78, 5) is 2.52. The van der Waals surface area contributed by atoms with Crippen molar-refractivity contribution in [2.24, 2.45) is 5.92 Å². The van der Waals surface area contributed by atoms with Gasteiger partial charge in [0, 0.05) is 13.1 Å². The molecule has 0 N–H and O–H groups in total. The zero-order valence-corrected chi connectivity index (χ0v) is 9.25. The Balaban J connectivity index is 2.03. The second-order valence-corrected chi connectivity index (χ2v) is 4.28. The third-order valence-corrected chi connectivity index (χ3v) is 2.81. The Morgan fingerprint density at radius 3 is 2.77 bits per heavy atom. The van der Waals surface area contributed by atoms with Crippen LogP contribution in [0.1, 0.15) is 33.6 Å². The summed E-state index contributed by atoms with van der Waals surface area (Å²) in [5.41, 5.74) is 0. The van der Waals surface area contributed by atoms with Crippen molar-refractivity contribution < 1.29 is 4.74 Å². The van der Waals surface area contributed by atoms with Crippen LogP contribution in [0.3, 0.4) is 0 Å². The average Bonchev–Trinajstić information content (AvgIpc) is 2.52. The number of hydrogen-bond acceptors (Lipinski definition) is 2. The lowest BCUT2D eigenvalue weighted by Gasteiger charge is -2.16. The third-order valence-electron chi connectivity index (χ3n) is 2.81. The van der Waals surface area contributed by atoms with Gasteiger partial charge in [0.2, 0.25) is 0 Å². The van der Waals surface area contributed by atoms with Crippen molar-refractivity contribution in [3.05, 3.63) is 0 Å². The lowest BCUT2D eigenvalue weighted by molar-refractivity contribution is 0.0628. The van der Waals surface area contributed by atoms with Crippen LogP contribution in [0.4, 0.5) is 0 Å². The molecule has 0 aliphatic carbocycles. The lowest BCUT2D eigenvalue weighted by Crippen LogP contribution is -2.26. The molecule has 1 heterocycles. The van der Waals surface area contributed by atoms with E-state index in [2.05, 4.69) is 25.7 Å². The highest BCUT2D eigenvalue weighted by Gasteiger charge is 2.19. The molecule has 1 aliphatic rings. The molecule has 0 aromatic carbocycles. The Hall–Kier alpha value is -0.0800. The van der Waals surface area contributed by atoms with E-state index in [1.54, 1.807) is 0 Å². The first-order chi connectivity index (χ1) is 6.22. The van der Waals surface area contributed by atoms with Gasteiger partial charge in [0.1, 0.15) is 0 Å². The fraction of sp³-hybridized carbons (Fsp3) is 1.00. The van der Waals surface area contributed by atoms with Crippen LogP contribution in [-0.2, 0) is 4.74 Å². The van der Waals surface area contributed by atoms with Crippen molar-refractivity contribution in [1.29, 1.82) is 0 Å². The summed E-state index contributed by atoms with van der Waals surface area (Å²) in [6, 6.07) is 0. The first-order valence-corrected chi connectivity index (χ1v) is 5.56. The van der Waals surface area contributed by atoms with Crippen molar-refractivity contribution in [3.8, 4) is 0 Å². The molecule has 1 aliphatic heterocycles. The molecule has 2 nitrogen and oxygen atoms in total. The molecule has 0 aromatic rings. The topological polar surface area (TPSA) is 12.5 Å². The van der Waals surface area contributed by atoms with Crippen molar-refractivity contribution >= 4 is 0 Å². The standard InChI is InChI=1S/C11H23NO/c1-4-11-5-6-12(9-11)7-8-13-10(2)3/h10-11H,4-9H2,1-3H3. The maximum atomic E-state index is 5.53. The molecule has 2 heteroatoms. The first kappa shape index (κ1) is 11.0. The molecule has 1 atom stereocenters. The predicted molar refractivity (Wildman–Crippen MR) is 55.9 cm³/mol. The molecular formula is C11H23NO. The van der Waals surface area contributed by atoms with Gasteiger partial charge < -0.3 is 9.64 Å². The van der Waals surface area contributed by atoms with E-state index in [-0.39, 0.29) is 0 Å². The monoisotopic (exact) mass is 185 g/mol. The number of rotatable bonds is 5. The first-order valence-electron chi connectivity index (χ1n) is 5.56. The van der Waals surface area contributed by atoms with Gasteiger partial charge in [-0.3, -0.25) is 0 Å². The Kier molecular flexibility index (Phi) is 4.74. The zero-order chi connectivity index (χ0) is 9.68. The van der Waals surface area contributed by atoms with Crippen molar-refractivity contribution in [3.63, 3.8) is 0 Å². The van der Waals surface area contributed by atoms with Gasteiger partial charge in [0.15, 0.2) is 0 Å². The van der Waals surface area contributed by atoms with Crippen LogP contribution >= 0.6 is 0 Å². The molecular weight excluding hydrogens is 162 g/mol. The summed E-state index contributed by atoms with van der Waals surface area (Å²) >= 11 is 0. The quantitative estimate of drug-likeness (QED) is 0.650. The second kappa shape index (κ2) is 5.61. The van der Waals surface area contributed by atoms with Gasteiger partial charge in [-0.25, -0.2) is 0 Å². The van der Waals surface area contributed by atoms with E-state index >= 15 is 0 Å². The highest BCUT2D eigenvalue weighted by Crippen LogP contribution is 2.18. The summed E-state index contributed by atoms with van der Waals surface area (Å²) in [5, 5.41) is 0. The normalized spacial score (nSPS) is 24.5. The van der Waals surface area contributed by atoms with Gasteiger partial charge in [-0.05, 0) is 32.7 Å². The summed E-state index contributed by atoms with van der Waals surface area (Å²) in [6.07, 6.45) is 3.10. The van der Waals surface area contributed by atoms with Gasteiger partial charge in [0.05, 0.1) is 12.7 Å². The fourth-order valence-corrected chi connectivity index (χ4v) is 1.87. The van der Waals surface area contributed by atoms with E-state index in [4.69, 9.17) is 4.74 Å². The predicted octanol–water partition coefficient (Wildman–Crippen LogP) is 2.14. The maximum Gasteiger partial charge on any atom is 0.0596 e. The number of likely N-dealkylation sites (tertiary alicyclic amines) is 1. The summed E-state index contributed by atoms with van der Waals surface area (Å²) in [6.45, 7) is 11.1. The molecule has 0 saturated carbocycles. The highest BCUT2D eigenvalue weighted by molar-refractivity contribution is 4.73. The molecule has 1 saturated heterocycles. The molecule has 0 amide bonds. The van der Waals surface area contributed by atoms with Gasteiger partial charge in [-0.1, -0.05) is 13.3 Å². The van der Waals surface area contributed by atoms with E-state index in [1.165, 1.54) is 25.9 Å². The SMILES string of the molecule is CCC1CCN(CCOC(C)C)C1. The molecule has 1 fully saturated rings. The van der Waals surface area contributed by atoms with E-state index in [9.17, 15) is 0 Å². The van der Waals surface area contributed by atoms with Crippen LogP contribution in [0.15, 0.2) is 0 Å². The van der Waals surface area contributed by atoms with Crippen LogP contribution in [-0.4, -0.2) is 37.2 Å². The number of hydrogen-bond donors (Lipinski definition) is 0. The number of nitrogens with zero attached hydrogens (tertiary/aromatic N) is 1. The minimum absolute atomic E-state index is 0.379. The van der Waals surface area contributed by atoms with E-state index in [0.717, 1.165) is 19.1 Å². The molecule has 1 rings (SSSR count). The molecule has 13 heavy (non-hydrogen) atoms. The van der Waals surface area contributed by atoms with Crippen molar-refractivity contribution in [2.45, 2.75) is 39.7 Å². The van der Waals surface area contributed by atoms with E-state index in [1.807, 2.05) is 0 Å². The second-order valence-electron chi connectivity index (χ2n) is 4.28. The van der Waals surface area contributed by atoms with Crippen molar-refractivity contribution in [1.82, 2.24) is 4.90 Å². The molecule has 1 unspecified atom stereocenters. The molecule has 78 valence electrons. The largest absolute Gasteiger partial charge is 0.377 e. The van der Waals surface area contributed by atoms with Crippen molar-refractivity contribution in [2.75, 3.05) is 26.2 Å². The Bertz CT molecular complexity index is 136. The van der Waals surface area contributed by atoms with Crippen LogP contribution in [0, 0.1) is 5.92 Å². The zero-order valence-electron chi connectivity index (χ0n) is 9.25. The van der Waals surface area contributed by atoms with Gasteiger partial charge in [0.25, 0.3) is 0 Å². The molecule has 0 radical (unpaired) electrons. The maximum absolute atomic E-state index is 5.53. The lowest BCUT2D eigenvalue weighted by atomic mass is 10.1. The summed E-state index contributed by atoms with van der Waals surface area (Å²) in [5.74, 6) is 0.944. The molecule has 0 spiro atoms. The van der Waals surface area contributed by atoms with E-state index < -0.39 is 0 Å². The molecule has 0 aromatic heterocycles. The average molecular weight is 185 g/mol. The van der Waals surface area contributed by atoms with Crippen LogP contribution in [0.2, 0.25) is 0 Å². The van der Waals surface area contributed by atoms with Crippen LogP contribution in [0.25, 0.3) is 0 Å². The fourth-order valence-electron chi connectivity index (χ4n) is 1.87. The third kappa shape index (κ3) is 4.10. The van der Waals surface area contributed by atoms with Gasteiger partial charge in [-0.15, -0.1) is 0 Å². The minimum Gasteiger partial charge on any atom is -0.377 e. The van der Waals surface area contributed by atoms with Gasteiger partial charge in [-0.2, -0.15) is 0 Å². The Morgan fingerprint density at radius 1 is 1.46 bits per heavy atom. The molecule has 0 bridgehead atoms. The minimum atomic E-state index is 0.379. The Labute approximate surface area is 82.3 Å². The van der Waals surface area contributed by atoms with Gasteiger partial charge >= 0.3 is 0 Å². The van der Waals surface area contributed by atoms with E-state index in [0.29, 0.717) is 6.10 Å². The summed E-state index contributed by atoms with van der Waals surface area (Å²) < 4.78 is 5.53.